The van der Waals surface area contributed by atoms with Gasteiger partial charge in [-0.1, -0.05) is 6.92 Å². The van der Waals surface area contributed by atoms with Crippen molar-refractivity contribution in [2.24, 2.45) is 0 Å². The molecule has 2 rings (SSSR count). The lowest BCUT2D eigenvalue weighted by molar-refractivity contribution is 0.136. The minimum Gasteiger partial charge on any atom is -0.383 e. The van der Waals surface area contributed by atoms with Crippen LogP contribution in [0, 0.1) is 0 Å². The Kier molecular flexibility index (Phi) is 6.17. The molecule has 1 aliphatic rings. The average molecular weight is 279 g/mol. The SMILES string of the molecule is CCNC(COC)CN1CCN(c2ncccn2)CC1. The van der Waals surface area contributed by atoms with Crippen molar-refractivity contribution in [3.05, 3.63) is 18.5 Å². The maximum absolute atomic E-state index is 5.27. The fourth-order valence-corrected chi connectivity index (χ4v) is 2.56. The van der Waals surface area contributed by atoms with Gasteiger partial charge in [0, 0.05) is 58.3 Å². The number of aromatic nitrogens is 2. The molecule has 1 atom stereocenters. The second-order valence-electron chi connectivity index (χ2n) is 5.05. The highest BCUT2D eigenvalue weighted by atomic mass is 16.5. The molecule has 0 amide bonds. The Bertz CT molecular complexity index is 361. The minimum atomic E-state index is 0.407. The summed E-state index contributed by atoms with van der Waals surface area (Å²) in [6.07, 6.45) is 3.60. The van der Waals surface area contributed by atoms with Crippen molar-refractivity contribution in [1.82, 2.24) is 20.2 Å². The molecular weight excluding hydrogens is 254 g/mol. The molecule has 6 heteroatoms. The van der Waals surface area contributed by atoms with E-state index in [1.54, 1.807) is 19.5 Å². The Balaban J connectivity index is 1.79. The van der Waals surface area contributed by atoms with Gasteiger partial charge in [0.15, 0.2) is 0 Å². The maximum atomic E-state index is 5.27. The molecule has 1 aromatic rings. The van der Waals surface area contributed by atoms with Crippen LogP contribution < -0.4 is 10.2 Å². The first-order valence-corrected chi connectivity index (χ1v) is 7.30. The fourth-order valence-electron chi connectivity index (χ4n) is 2.56. The van der Waals surface area contributed by atoms with Crippen molar-refractivity contribution in [2.45, 2.75) is 13.0 Å². The largest absolute Gasteiger partial charge is 0.383 e. The van der Waals surface area contributed by atoms with Gasteiger partial charge >= 0.3 is 0 Å². The Morgan fingerprint density at radius 2 is 1.95 bits per heavy atom. The number of hydrogen-bond donors (Lipinski definition) is 1. The summed E-state index contributed by atoms with van der Waals surface area (Å²) in [4.78, 5) is 13.3. The van der Waals surface area contributed by atoms with E-state index in [1.165, 1.54) is 0 Å². The number of methoxy groups -OCH3 is 1. The number of anilines is 1. The summed E-state index contributed by atoms with van der Waals surface area (Å²) in [6, 6.07) is 2.26. The first-order valence-electron chi connectivity index (χ1n) is 7.30. The molecule has 1 aliphatic heterocycles. The van der Waals surface area contributed by atoms with Gasteiger partial charge in [0.25, 0.3) is 0 Å². The van der Waals surface area contributed by atoms with E-state index in [0.717, 1.165) is 51.8 Å². The van der Waals surface area contributed by atoms with E-state index < -0.39 is 0 Å². The lowest BCUT2D eigenvalue weighted by Crippen LogP contribution is -2.52. The molecule has 6 nitrogen and oxygen atoms in total. The predicted octanol–water partition coefficient (Wildman–Crippen LogP) is 0.223. The highest BCUT2D eigenvalue weighted by Gasteiger charge is 2.20. The van der Waals surface area contributed by atoms with E-state index in [0.29, 0.717) is 6.04 Å². The molecule has 2 heterocycles. The van der Waals surface area contributed by atoms with Crippen molar-refractivity contribution in [1.29, 1.82) is 0 Å². The Hall–Kier alpha value is -1.24. The van der Waals surface area contributed by atoms with Crippen molar-refractivity contribution in [3.8, 4) is 0 Å². The molecule has 0 aromatic carbocycles. The first-order chi connectivity index (χ1) is 9.83. The fraction of sp³-hybridized carbons (Fsp3) is 0.714. The van der Waals surface area contributed by atoms with Gasteiger partial charge in [-0.2, -0.15) is 0 Å². The molecule has 1 aromatic heterocycles. The summed E-state index contributed by atoms with van der Waals surface area (Å²) in [6.45, 7) is 8.96. The first kappa shape index (κ1) is 15.2. The van der Waals surface area contributed by atoms with E-state index in [-0.39, 0.29) is 0 Å². The monoisotopic (exact) mass is 279 g/mol. The third-order valence-corrected chi connectivity index (χ3v) is 3.55. The van der Waals surface area contributed by atoms with Gasteiger partial charge in [-0.15, -0.1) is 0 Å². The van der Waals surface area contributed by atoms with Gasteiger partial charge in [0.05, 0.1) is 6.61 Å². The number of hydrogen-bond acceptors (Lipinski definition) is 6. The quantitative estimate of drug-likeness (QED) is 0.771. The Labute approximate surface area is 121 Å². The van der Waals surface area contributed by atoms with Crippen molar-refractivity contribution in [2.75, 3.05) is 57.9 Å². The summed E-state index contributed by atoms with van der Waals surface area (Å²) < 4.78 is 5.27. The van der Waals surface area contributed by atoms with Crippen LogP contribution >= 0.6 is 0 Å². The van der Waals surface area contributed by atoms with Crippen LogP contribution in [0.5, 0.6) is 0 Å². The summed E-state index contributed by atoms with van der Waals surface area (Å²) >= 11 is 0. The number of nitrogens with one attached hydrogen (secondary N) is 1. The number of nitrogens with zero attached hydrogens (tertiary/aromatic N) is 4. The summed E-state index contributed by atoms with van der Waals surface area (Å²) in [7, 11) is 1.76. The van der Waals surface area contributed by atoms with Crippen molar-refractivity contribution in [3.63, 3.8) is 0 Å². The zero-order valence-electron chi connectivity index (χ0n) is 12.5. The highest BCUT2D eigenvalue weighted by molar-refractivity contribution is 5.29. The maximum Gasteiger partial charge on any atom is 0.225 e. The average Bonchev–Trinajstić information content (AvgIpc) is 2.49. The van der Waals surface area contributed by atoms with Gasteiger partial charge in [-0.25, -0.2) is 9.97 Å². The summed E-state index contributed by atoms with van der Waals surface area (Å²) in [5.41, 5.74) is 0. The second-order valence-corrected chi connectivity index (χ2v) is 5.05. The highest BCUT2D eigenvalue weighted by Crippen LogP contribution is 2.09. The van der Waals surface area contributed by atoms with Gasteiger partial charge in [0.1, 0.15) is 0 Å². The van der Waals surface area contributed by atoms with E-state index in [1.807, 2.05) is 6.07 Å². The normalized spacial score (nSPS) is 18.2. The molecular formula is C14H25N5O. The van der Waals surface area contributed by atoms with E-state index in [4.69, 9.17) is 4.74 Å². The molecule has 1 saturated heterocycles. The van der Waals surface area contributed by atoms with Crippen LogP contribution in [0.25, 0.3) is 0 Å². The van der Waals surface area contributed by atoms with Crippen LogP contribution in [0.2, 0.25) is 0 Å². The Morgan fingerprint density at radius 3 is 2.55 bits per heavy atom. The number of piperazine rings is 1. The predicted molar refractivity (Wildman–Crippen MR) is 80.0 cm³/mol. The molecule has 0 radical (unpaired) electrons. The van der Waals surface area contributed by atoms with Gasteiger partial charge < -0.3 is 15.0 Å². The Morgan fingerprint density at radius 1 is 1.25 bits per heavy atom. The molecule has 0 bridgehead atoms. The van der Waals surface area contributed by atoms with Crippen molar-refractivity contribution < 1.29 is 4.74 Å². The van der Waals surface area contributed by atoms with E-state index in [9.17, 15) is 0 Å². The summed E-state index contributed by atoms with van der Waals surface area (Å²) in [5, 5.41) is 3.47. The van der Waals surface area contributed by atoms with Crippen LogP contribution in [0.4, 0.5) is 5.95 Å². The molecule has 1 unspecified atom stereocenters. The third kappa shape index (κ3) is 4.40. The molecule has 0 saturated carbocycles. The smallest absolute Gasteiger partial charge is 0.225 e. The van der Waals surface area contributed by atoms with Crippen LogP contribution in [-0.2, 0) is 4.74 Å². The molecule has 112 valence electrons. The summed E-state index contributed by atoms with van der Waals surface area (Å²) in [5.74, 6) is 0.840. The minimum absolute atomic E-state index is 0.407. The lowest BCUT2D eigenvalue weighted by atomic mass is 10.2. The number of ether oxygens (including phenoxy) is 1. The van der Waals surface area contributed by atoms with Crippen LogP contribution in [-0.4, -0.2) is 73.9 Å². The van der Waals surface area contributed by atoms with Crippen LogP contribution in [0.3, 0.4) is 0 Å². The van der Waals surface area contributed by atoms with E-state index in [2.05, 4.69) is 32.0 Å². The molecule has 1 N–H and O–H groups in total. The molecule has 20 heavy (non-hydrogen) atoms. The molecule has 1 fully saturated rings. The second kappa shape index (κ2) is 8.14. The number of rotatable bonds is 7. The molecule has 0 spiro atoms. The third-order valence-electron chi connectivity index (χ3n) is 3.55. The number of likely N-dealkylation sites (N-methyl/N-ethyl adjacent to an activating group) is 1. The van der Waals surface area contributed by atoms with Gasteiger partial charge in [-0.3, -0.25) is 4.90 Å². The zero-order valence-corrected chi connectivity index (χ0v) is 12.5. The standard InChI is InChI=1S/C14H25N5O/c1-3-15-13(12-20-2)11-18-7-9-19(10-8-18)14-16-5-4-6-17-14/h4-6,13,15H,3,7-12H2,1-2H3. The van der Waals surface area contributed by atoms with Crippen LogP contribution in [0.15, 0.2) is 18.5 Å². The van der Waals surface area contributed by atoms with Crippen molar-refractivity contribution >= 4 is 5.95 Å². The van der Waals surface area contributed by atoms with Gasteiger partial charge in [-0.05, 0) is 12.6 Å². The lowest BCUT2D eigenvalue weighted by Gasteiger charge is -2.36. The zero-order chi connectivity index (χ0) is 14.2. The topological polar surface area (TPSA) is 53.5 Å². The van der Waals surface area contributed by atoms with Gasteiger partial charge in [0.2, 0.25) is 5.95 Å². The van der Waals surface area contributed by atoms with E-state index >= 15 is 0 Å². The van der Waals surface area contributed by atoms with Crippen LogP contribution in [0.1, 0.15) is 6.92 Å². The molecule has 0 aliphatic carbocycles.